The van der Waals surface area contributed by atoms with Crippen LogP contribution in [0.3, 0.4) is 0 Å². The van der Waals surface area contributed by atoms with E-state index in [4.69, 9.17) is 10.1 Å². The van der Waals surface area contributed by atoms with Gasteiger partial charge in [0.25, 0.3) is 5.91 Å². The van der Waals surface area contributed by atoms with Gasteiger partial charge in [-0.05, 0) is 41.5 Å². The summed E-state index contributed by atoms with van der Waals surface area (Å²) < 4.78 is 19.5. The first-order valence-corrected chi connectivity index (χ1v) is 9.87. The van der Waals surface area contributed by atoms with Gasteiger partial charge in [-0.3, -0.25) is 4.79 Å². The van der Waals surface area contributed by atoms with Gasteiger partial charge in [-0.1, -0.05) is 28.1 Å². The molecule has 0 radical (unpaired) electrons. The van der Waals surface area contributed by atoms with E-state index in [2.05, 4.69) is 26.6 Å². The number of nitrogens with one attached hydrogen (secondary N) is 3. The zero-order chi connectivity index (χ0) is 21.7. The molecule has 0 spiro atoms. The van der Waals surface area contributed by atoms with E-state index in [1.807, 2.05) is 6.07 Å². The molecule has 0 aromatic heterocycles. The highest BCUT2D eigenvalue weighted by Crippen LogP contribution is 2.33. The molecule has 7 nitrogen and oxygen atoms in total. The fourth-order valence-electron chi connectivity index (χ4n) is 2.91. The van der Waals surface area contributed by atoms with Crippen molar-refractivity contribution in [2.75, 3.05) is 18.6 Å². The van der Waals surface area contributed by atoms with E-state index in [1.54, 1.807) is 31.3 Å². The molecule has 3 N–H and O–H groups in total. The van der Waals surface area contributed by atoms with E-state index in [1.165, 1.54) is 23.2 Å². The number of fused-ring (bicyclic) bond motifs is 1. The summed E-state index contributed by atoms with van der Waals surface area (Å²) in [5.41, 5.74) is 1.91. The summed E-state index contributed by atoms with van der Waals surface area (Å²) in [7, 11) is 1.62. The fourth-order valence-corrected chi connectivity index (χ4v) is 3.26. The summed E-state index contributed by atoms with van der Waals surface area (Å²) in [5, 5.41) is 12.6. The number of urea groups is 1. The largest absolute Gasteiger partial charge is 0.489 e. The van der Waals surface area contributed by atoms with E-state index in [0.717, 1.165) is 16.3 Å². The molecule has 30 heavy (non-hydrogen) atoms. The SMILES string of the molecule is CN1C(=O)C(NC(=O)N/C=C(\C=N)Cc2ccc(F)cc2)COc2ccc(Br)cc21. The molecule has 2 aromatic rings. The number of rotatable bonds is 5. The normalized spacial score (nSPS) is 16.2. The van der Waals surface area contributed by atoms with Gasteiger partial charge in [0.15, 0.2) is 0 Å². The third-order valence-corrected chi connectivity index (χ3v) is 5.01. The van der Waals surface area contributed by atoms with Crippen LogP contribution in [0.1, 0.15) is 5.56 Å². The van der Waals surface area contributed by atoms with Gasteiger partial charge < -0.3 is 25.7 Å². The molecular formula is C21H20BrFN4O3. The van der Waals surface area contributed by atoms with Crippen LogP contribution in [0.4, 0.5) is 14.9 Å². The van der Waals surface area contributed by atoms with Gasteiger partial charge >= 0.3 is 6.03 Å². The zero-order valence-corrected chi connectivity index (χ0v) is 17.7. The number of nitrogens with zero attached hydrogens (tertiary/aromatic N) is 1. The molecule has 0 aliphatic carbocycles. The maximum Gasteiger partial charge on any atom is 0.319 e. The van der Waals surface area contributed by atoms with Crippen molar-refractivity contribution >= 4 is 39.8 Å². The molecule has 9 heteroatoms. The van der Waals surface area contributed by atoms with E-state index in [-0.39, 0.29) is 18.3 Å². The number of ether oxygens (including phenoxy) is 1. The maximum atomic E-state index is 13.0. The maximum absolute atomic E-state index is 13.0. The molecule has 1 heterocycles. The summed E-state index contributed by atoms with van der Waals surface area (Å²) in [6.07, 6.45) is 2.83. The highest BCUT2D eigenvalue weighted by Gasteiger charge is 2.30. The van der Waals surface area contributed by atoms with Crippen LogP contribution in [0.15, 0.2) is 58.7 Å². The molecule has 156 valence electrons. The van der Waals surface area contributed by atoms with Crippen LogP contribution in [0.5, 0.6) is 5.75 Å². The highest BCUT2D eigenvalue weighted by atomic mass is 79.9. The van der Waals surface area contributed by atoms with Crippen LogP contribution in [0.2, 0.25) is 0 Å². The predicted molar refractivity (Wildman–Crippen MR) is 115 cm³/mol. The zero-order valence-electron chi connectivity index (χ0n) is 16.1. The Bertz CT molecular complexity index is 994. The number of amides is 3. The second-order valence-corrected chi connectivity index (χ2v) is 7.57. The Kier molecular flexibility index (Phi) is 6.83. The standard InChI is InChI=1S/C21H20BrFN4O3/c1-27-18-9-15(22)4-7-19(18)30-12-17(20(27)28)26-21(29)25-11-14(10-24)8-13-2-5-16(23)6-3-13/h2-7,9-11,17,24H,8,12H2,1H3,(H2,25,26,29)/b14-11-,24-10?. The smallest absolute Gasteiger partial charge is 0.319 e. The topological polar surface area (TPSA) is 94.5 Å². The average molecular weight is 475 g/mol. The van der Waals surface area contributed by atoms with Crippen molar-refractivity contribution in [3.05, 3.63) is 70.1 Å². The van der Waals surface area contributed by atoms with Gasteiger partial charge in [-0.15, -0.1) is 0 Å². The molecule has 1 atom stereocenters. The van der Waals surface area contributed by atoms with Crippen molar-refractivity contribution in [1.29, 1.82) is 5.41 Å². The number of anilines is 1. The molecule has 1 unspecified atom stereocenters. The van der Waals surface area contributed by atoms with Crippen molar-refractivity contribution in [2.45, 2.75) is 12.5 Å². The molecule has 1 aliphatic rings. The van der Waals surface area contributed by atoms with Crippen LogP contribution in [0, 0.1) is 11.2 Å². The fraction of sp³-hybridized carbons (Fsp3) is 0.190. The Morgan fingerprint density at radius 3 is 2.77 bits per heavy atom. The van der Waals surface area contributed by atoms with Crippen LogP contribution >= 0.6 is 15.9 Å². The number of benzene rings is 2. The Morgan fingerprint density at radius 1 is 1.33 bits per heavy atom. The Labute approximate surface area is 181 Å². The quantitative estimate of drug-likeness (QED) is 0.579. The number of hydrogen-bond acceptors (Lipinski definition) is 4. The van der Waals surface area contributed by atoms with Gasteiger partial charge in [-0.25, -0.2) is 9.18 Å². The van der Waals surface area contributed by atoms with Crippen molar-refractivity contribution in [1.82, 2.24) is 10.6 Å². The minimum absolute atomic E-state index is 0.0120. The first-order valence-electron chi connectivity index (χ1n) is 9.08. The van der Waals surface area contributed by atoms with Gasteiger partial charge in [0.2, 0.25) is 0 Å². The van der Waals surface area contributed by atoms with Crippen LogP contribution in [-0.4, -0.2) is 37.8 Å². The lowest BCUT2D eigenvalue weighted by molar-refractivity contribution is -0.120. The summed E-state index contributed by atoms with van der Waals surface area (Å²) in [6.45, 7) is -0.0120. The molecule has 1 aliphatic heterocycles. The predicted octanol–water partition coefficient (Wildman–Crippen LogP) is 3.39. The summed E-state index contributed by atoms with van der Waals surface area (Å²) >= 11 is 3.37. The third-order valence-electron chi connectivity index (χ3n) is 4.52. The minimum atomic E-state index is -0.880. The monoisotopic (exact) mass is 474 g/mol. The number of halogens is 2. The van der Waals surface area contributed by atoms with E-state index >= 15 is 0 Å². The van der Waals surface area contributed by atoms with Gasteiger partial charge in [-0.2, -0.15) is 0 Å². The molecule has 2 aromatic carbocycles. The van der Waals surface area contributed by atoms with Crippen LogP contribution < -0.4 is 20.3 Å². The van der Waals surface area contributed by atoms with Crippen molar-refractivity contribution in [3.8, 4) is 5.75 Å². The number of likely N-dealkylation sites (N-methyl/N-ethyl adjacent to an activating group) is 1. The van der Waals surface area contributed by atoms with Gasteiger partial charge in [0.05, 0.1) is 5.69 Å². The van der Waals surface area contributed by atoms with Gasteiger partial charge in [0, 0.05) is 30.4 Å². The van der Waals surface area contributed by atoms with Crippen molar-refractivity contribution < 1.29 is 18.7 Å². The Morgan fingerprint density at radius 2 is 2.07 bits per heavy atom. The second-order valence-electron chi connectivity index (χ2n) is 6.66. The Balaban J connectivity index is 1.62. The minimum Gasteiger partial charge on any atom is -0.489 e. The summed E-state index contributed by atoms with van der Waals surface area (Å²) in [5.74, 6) is -0.111. The van der Waals surface area contributed by atoms with E-state index in [0.29, 0.717) is 23.4 Å². The molecule has 0 bridgehead atoms. The number of allylic oxidation sites excluding steroid dienone is 1. The lowest BCUT2D eigenvalue weighted by Gasteiger charge is -2.20. The first kappa shape index (κ1) is 21.5. The lowest BCUT2D eigenvalue weighted by atomic mass is 10.1. The molecule has 0 saturated carbocycles. The average Bonchev–Trinajstić information content (AvgIpc) is 2.85. The number of carbonyl (C=O) groups excluding carboxylic acids is 2. The molecule has 3 rings (SSSR count). The molecule has 0 fully saturated rings. The first-order chi connectivity index (χ1) is 14.4. The van der Waals surface area contributed by atoms with Gasteiger partial charge in [0.1, 0.15) is 24.2 Å². The van der Waals surface area contributed by atoms with Crippen molar-refractivity contribution in [3.63, 3.8) is 0 Å². The molecule has 0 saturated heterocycles. The number of hydrogen-bond donors (Lipinski definition) is 3. The highest BCUT2D eigenvalue weighted by molar-refractivity contribution is 9.10. The lowest BCUT2D eigenvalue weighted by Crippen LogP contribution is -2.51. The number of carbonyl (C=O) groups is 2. The third kappa shape index (κ3) is 5.24. The molecular weight excluding hydrogens is 455 g/mol. The van der Waals surface area contributed by atoms with Crippen LogP contribution in [0.25, 0.3) is 0 Å². The molecule has 3 amide bonds. The Hall–Kier alpha value is -3.20. The summed E-state index contributed by atoms with van der Waals surface area (Å²) in [4.78, 5) is 26.5. The van der Waals surface area contributed by atoms with Crippen molar-refractivity contribution in [2.24, 2.45) is 0 Å². The van der Waals surface area contributed by atoms with E-state index in [9.17, 15) is 14.0 Å². The van der Waals surface area contributed by atoms with Crippen LogP contribution in [-0.2, 0) is 11.2 Å². The summed E-state index contributed by atoms with van der Waals surface area (Å²) in [6, 6.07) is 9.74. The van der Waals surface area contributed by atoms with E-state index < -0.39 is 12.1 Å². The second kappa shape index (κ2) is 9.53.